The van der Waals surface area contributed by atoms with Gasteiger partial charge >= 0.3 is 0 Å². The molecule has 430 valence electrons. The van der Waals surface area contributed by atoms with Crippen LogP contribution < -0.4 is 0 Å². The molecule has 21 heteroatoms. The lowest BCUT2D eigenvalue weighted by Gasteiger charge is -1.93. The summed E-state index contributed by atoms with van der Waals surface area (Å²) in [5.41, 5.74) is 3.98. The van der Waals surface area contributed by atoms with E-state index < -0.39 is 0 Å². The highest BCUT2D eigenvalue weighted by Crippen LogP contribution is 2.12. The summed E-state index contributed by atoms with van der Waals surface area (Å²) in [6, 6.07) is 0. The van der Waals surface area contributed by atoms with Gasteiger partial charge in [-0.15, -0.1) is 0 Å². The third kappa shape index (κ3) is 35.6. The number of oxazole rings is 10. The second-order valence-corrected chi connectivity index (χ2v) is 17.0. The zero-order valence-electron chi connectivity index (χ0n) is 47.2. The monoisotopic (exact) mass is 1100 g/mol. The van der Waals surface area contributed by atoms with Crippen molar-refractivity contribution in [2.75, 3.05) is 0 Å². The Labute approximate surface area is 465 Å². The van der Waals surface area contributed by atoms with Crippen molar-refractivity contribution < 1.29 is 44.2 Å². The summed E-state index contributed by atoms with van der Waals surface area (Å²) in [5, 5.41) is 0.224. The van der Waals surface area contributed by atoms with Gasteiger partial charge in [-0.3, -0.25) is 0 Å². The zero-order valence-corrected chi connectivity index (χ0v) is 48.0. The second-order valence-electron chi connectivity index (χ2n) is 16.7. The van der Waals surface area contributed by atoms with Crippen molar-refractivity contribution in [2.45, 2.75) is 179 Å². The topological polar surface area (TPSA) is 260 Å². The minimum absolute atomic E-state index is 0. The lowest BCUT2D eigenvalue weighted by atomic mass is 10.2. The van der Waals surface area contributed by atoms with Crippen LogP contribution in [0.15, 0.2) is 164 Å². The molecule has 0 unspecified atom stereocenters. The number of hydrogen-bond acceptors (Lipinski definition) is 20. The van der Waals surface area contributed by atoms with Crippen LogP contribution in [0.5, 0.6) is 0 Å². The quantitative estimate of drug-likeness (QED) is 0.104. The van der Waals surface area contributed by atoms with Gasteiger partial charge in [0.05, 0.1) is 60.0 Å². The Morgan fingerprint density at radius 2 is 0.962 bits per heavy atom. The lowest BCUT2D eigenvalue weighted by molar-refractivity contribution is 0.471. The van der Waals surface area contributed by atoms with Gasteiger partial charge in [0.15, 0.2) is 56.0 Å². The van der Waals surface area contributed by atoms with Gasteiger partial charge in [-0.2, -0.15) is 0 Å². The van der Waals surface area contributed by atoms with Crippen molar-refractivity contribution in [2.24, 2.45) is 0 Å². The molecule has 20 nitrogen and oxygen atoms in total. The van der Waals surface area contributed by atoms with E-state index in [0.717, 1.165) is 122 Å². The van der Waals surface area contributed by atoms with E-state index in [2.05, 4.69) is 98.3 Å². The highest BCUT2D eigenvalue weighted by molar-refractivity contribution is 6.27. The highest BCUT2D eigenvalue weighted by Gasteiger charge is 2.02. The van der Waals surface area contributed by atoms with Crippen LogP contribution in [0.1, 0.15) is 192 Å². The van der Waals surface area contributed by atoms with Gasteiger partial charge in [-0.05, 0) is 49.6 Å². The van der Waals surface area contributed by atoms with Crippen molar-refractivity contribution in [3.8, 4) is 0 Å². The van der Waals surface area contributed by atoms with E-state index in [1.54, 1.807) is 81.0 Å². The van der Waals surface area contributed by atoms with Crippen molar-refractivity contribution in [1.29, 1.82) is 0 Å². The summed E-state index contributed by atoms with van der Waals surface area (Å²) in [7, 11) is 0. The SMILES string of the molecule is C.CC(C)c1cnco1.CC(C)c1cocn1.CC(C)c1ncco1.CCCc1cnco1.CCCc1cocn1.CCCc1ncco1.CCc1cnco1.CCc1coc(Cl)n1.CCc1cocn1.CCc1ncco1. The Hall–Kier alpha value is -7.61. The van der Waals surface area contributed by atoms with Crippen molar-refractivity contribution in [3.05, 3.63) is 182 Å². The molecule has 78 heavy (non-hydrogen) atoms. The van der Waals surface area contributed by atoms with E-state index in [9.17, 15) is 0 Å². The molecule has 0 radical (unpaired) electrons. The van der Waals surface area contributed by atoms with E-state index in [-0.39, 0.29) is 12.8 Å². The first-order chi connectivity index (χ1) is 37.3. The predicted molar refractivity (Wildman–Crippen MR) is 299 cm³/mol. The highest BCUT2D eigenvalue weighted by atomic mass is 35.5. The molecule has 10 heterocycles. The first-order valence-electron chi connectivity index (χ1n) is 25.8. The molecular formula is C57H85ClN10O10. The summed E-state index contributed by atoms with van der Waals surface area (Å²) in [4.78, 5) is 38.6. The van der Waals surface area contributed by atoms with Gasteiger partial charge in [-0.1, -0.05) is 104 Å². The fraction of sp³-hybridized carbons (Fsp3) is 0.474. The normalized spacial score (nSPS) is 9.65. The van der Waals surface area contributed by atoms with Crippen LogP contribution in [-0.2, 0) is 44.9 Å². The maximum atomic E-state index is 5.36. The van der Waals surface area contributed by atoms with Gasteiger partial charge in [0, 0.05) is 37.5 Å². The van der Waals surface area contributed by atoms with Crippen LogP contribution in [0.25, 0.3) is 0 Å². The van der Waals surface area contributed by atoms with Crippen LogP contribution in [0.3, 0.4) is 0 Å². The number of hydrogen-bond donors (Lipinski definition) is 0. The molecule has 0 fully saturated rings. The summed E-state index contributed by atoms with van der Waals surface area (Å²) < 4.78 is 48.6. The molecule has 0 spiro atoms. The van der Waals surface area contributed by atoms with Crippen LogP contribution in [-0.4, -0.2) is 49.8 Å². The molecule has 0 aromatic carbocycles. The molecular weight excluding hydrogens is 1020 g/mol. The smallest absolute Gasteiger partial charge is 0.292 e. The van der Waals surface area contributed by atoms with Crippen molar-refractivity contribution in [3.63, 3.8) is 0 Å². The number of rotatable bonds is 13. The van der Waals surface area contributed by atoms with Crippen molar-refractivity contribution >= 4 is 11.6 Å². The Morgan fingerprint density at radius 1 is 0.423 bits per heavy atom. The first kappa shape index (κ1) is 70.4. The third-order valence-electron chi connectivity index (χ3n) is 9.28. The Kier molecular flexibility index (Phi) is 42.1. The van der Waals surface area contributed by atoms with Gasteiger partial charge in [0.1, 0.15) is 61.1 Å². The largest absolute Gasteiger partial charge is 0.451 e. The molecule has 0 amide bonds. The number of nitrogens with zero attached hydrogens (tertiary/aromatic N) is 10. The fourth-order valence-corrected chi connectivity index (χ4v) is 5.21. The standard InChI is InChI=1S/6C6H9NO.C5H6ClNO.3C5H7NO.CH4/c1-5(2)6-3-8-4-7-6;1-5(2)6-3-7-4-8-6;1-5(2)6-7-3-4-8-6;1-2-3-6-4-8-5-7-6;1-2-3-6-4-7-5-8-6;1-2-3-6-7-4-5-8-6;1-2-4-3-8-5(6)7-4;1-2-5-3-7-4-6-5;1-2-5-3-6-4-7-5;1-2-5-6-3-4-7-5;/h3*3-5H,1-2H3;3*4-5H,2-3H2,1H3;3H,2H2,1H3;3*3-4H,2H2,1H3;1H4. The van der Waals surface area contributed by atoms with E-state index in [1.165, 1.54) is 38.4 Å². The van der Waals surface area contributed by atoms with Gasteiger partial charge in [0.25, 0.3) is 5.35 Å². The maximum Gasteiger partial charge on any atom is 0.292 e. The summed E-state index contributed by atoms with van der Waals surface area (Å²) in [6.45, 7) is 26.8. The fourth-order valence-electron chi connectivity index (χ4n) is 5.06. The molecule has 0 saturated heterocycles. The summed E-state index contributed by atoms with van der Waals surface area (Å²) >= 11 is 5.36. The summed E-state index contributed by atoms with van der Waals surface area (Å²) in [5.74, 6) is 6.67. The Bertz CT molecular complexity index is 2340. The predicted octanol–water partition coefficient (Wildman–Crippen LogP) is 16.5. The lowest BCUT2D eigenvalue weighted by Crippen LogP contribution is -1.83. The van der Waals surface area contributed by atoms with Gasteiger partial charge in [0.2, 0.25) is 0 Å². The number of aromatic nitrogens is 10. The average molecular weight is 1110 g/mol. The van der Waals surface area contributed by atoms with Crippen LogP contribution >= 0.6 is 11.6 Å². The average Bonchev–Trinajstić information content (AvgIpc) is 4.29. The molecule has 0 aliphatic carbocycles. The molecule has 10 aromatic heterocycles. The molecule has 0 saturated carbocycles. The van der Waals surface area contributed by atoms with Crippen molar-refractivity contribution in [1.82, 2.24) is 49.8 Å². The van der Waals surface area contributed by atoms with E-state index in [1.807, 2.05) is 41.5 Å². The molecule has 0 atom stereocenters. The third-order valence-corrected chi connectivity index (χ3v) is 9.45. The van der Waals surface area contributed by atoms with E-state index in [0.29, 0.717) is 17.8 Å². The molecule has 0 N–H and O–H groups in total. The second kappa shape index (κ2) is 46.7. The van der Waals surface area contributed by atoms with Crippen LogP contribution in [0, 0.1) is 0 Å². The van der Waals surface area contributed by atoms with Crippen LogP contribution in [0.4, 0.5) is 0 Å². The van der Waals surface area contributed by atoms with E-state index >= 15 is 0 Å². The minimum Gasteiger partial charge on any atom is -0.451 e. The molecule has 10 aromatic rings. The molecule has 0 aliphatic heterocycles. The molecule has 0 aliphatic rings. The molecule has 0 bridgehead atoms. The maximum absolute atomic E-state index is 5.36. The van der Waals surface area contributed by atoms with E-state index in [4.69, 9.17) is 55.8 Å². The van der Waals surface area contributed by atoms with Gasteiger partial charge < -0.3 is 44.2 Å². The number of aryl methyl sites for hydroxylation is 7. The Morgan fingerprint density at radius 3 is 1.26 bits per heavy atom. The van der Waals surface area contributed by atoms with Gasteiger partial charge in [-0.25, -0.2) is 49.8 Å². The Balaban J connectivity index is 0.000000844. The van der Waals surface area contributed by atoms with Crippen LogP contribution in [0.2, 0.25) is 5.35 Å². The summed E-state index contributed by atoms with van der Waals surface area (Å²) in [6.07, 6.45) is 40.2. The number of halogens is 1. The molecule has 10 rings (SSSR count). The minimum atomic E-state index is 0. The zero-order chi connectivity index (χ0) is 56.7. The first-order valence-corrected chi connectivity index (χ1v) is 26.2.